The molecule has 0 aromatic heterocycles. The van der Waals surface area contributed by atoms with Crippen molar-refractivity contribution >= 4 is 11.6 Å². The fourth-order valence-corrected chi connectivity index (χ4v) is 1.17. The lowest BCUT2D eigenvalue weighted by Crippen LogP contribution is -2.19. The van der Waals surface area contributed by atoms with E-state index in [9.17, 15) is 0 Å². The van der Waals surface area contributed by atoms with Gasteiger partial charge in [0.1, 0.15) is 6.10 Å². The van der Waals surface area contributed by atoms with Crippen LogP contribution in [-0.2, 0) is 4.74 Å². The summed E-state index contributed by atoms with van der Waals surface area (Å²) in [4.78, 5) is 0. The maximum atomic E-state index is 9.02. The summed E-state index contributed by atoms with van der Waals surface area (Å²) >= 11 is 5.89. The third-order valence-electron chi connectivity index (χ3n) is 1.71. The predicted octanol–water partition coefficient (Wildman–Crippen LogP) is 1.29. The maximum absolute atomic E-state index is 9.02. The molecular formula is C10H13ClO3. The van der Waals surface area contributed by atoms with Crippen LogP contribution in [0.1, 0.15) is 11.1 Å². The van der Waals surface area contributed by atoms with Gasteiger partial charge >= 0.3 is 0 Å². The molecule has 0 radical (unpaired) electrons. The minimum atomic E-state index is -0.875. The molecule has 1 rings (SSSR count). The van der Waals surface area contributed by atoms with Gasteiger partial charge in [-0.05, 0) is 5.56 Å². The summed E-state index contributed by atoms with van der Waals surface area (Å²) in [5, 5.41) is 17.6. The van der Waals surface area contributed by atoms with E-state index in [4.69, 9.17) is 26.6 Å². The number of aliphatic hydroxyl groups is 2. The van der Waals surface area contributed by atoms with E-state index in [1.54, 1.807) is 0 Å². The van der Waals surface area contributed by atoms with Crippen molar-refractivity contribution in [1.82, 2.24) is 0 Å². The molecule has 1 aromatic rings. The number of halogens is 1. The van der Waals surface area contributed by atoms with Gasteiger partial charge in [0.2, 0.25) is 0 Å². The van der Waals surface area contributed by atoms with Crippen LogP contribution in [0.15, 0.2) is 30.3 Å². The van der Waals surface area contributed by atoms with Crippen LogP contribution in [0.25, 0.3) is 0 Å². The van der Waals surface area contributed by atoms with Crippen LogP contribution in [0.5, 0.6) is 0 Å². The van der Waals surface area contributed by atoms with E-state index in [1.165, 1.54) is 0 Å². The lowest BCUT2D eigenvalue weighted by atomic mass is 10.2. The second-order valence-corrected chi connectivity index (χ2v) is 3.29. The molecule has 78 valence electrons. The molecule has 0 aliphatic carbocycles. The molecule has 0 aliphatic rings. The van der Waals surface area contributed by atoms with Crippen LogP contribution in [0.3, 0.4) is 0 Å². The zero-order chi connectivity index (χ0) is 10.4. The average molecular weight is 217 g/mol. The SMILES string of the molecule is OCC(O)COC(Cl)c1ccccc1. The summed E-state index contributed by atoms with van der Waals surface area (Å²) in [6.45, 7) is -0.294. The Balaban J connectivity index is 2.39. The summed E-state index contributed by atoms with van der Waals surface area (Å²) in [7, 11) is 0. The van der Waals surface area contributed by atoms with Crippen molar-refractivity contribution in [3.05, 3.63) is 35.9 Å². The molecule has 0 saturated heterocycles. The predicted molar refractivity (Wildman–Crippen MR) is 54.1 cm³/mol. The highest BCUT2D eigenvalue weighted by Gasteiger charge is 2.09. The van der Waals surface area contributed by atoms with Gasteiger partial charge in [0.25, 0.3) is 0 Å². The van der Waals surface area contributed by atoms with Crippen molar-refractivity contribution in [2.75, 3.05) is 13.2 Å². The molecule has 0 spiro atoms. The van der Waals surface area contributed by atoms with E-state index < -0.39 is 11.7 Å². The van der Waals surface area contributed by atoms with Crippen molar-refractivity contribution in [2.24, 2.45) is 0 Å². The minimum Gasteiger partial charge on any atom is -0.394 e. The third kappa shape index (κ3) is 3.64. The van der Waals surface area contributed by atoms with E-state index in [1.807, 2.05) is 30.3 Å². The van der Waals surface area contributed by atoms with Gasteiger partial charge in [-0.2, -0.15) is 0 Å². The van der Waals surface area contributed by atoms with Gasteiger partial charge in [-0.1, -0.05) is 41.9 Å². The Morgan fingerprint density at radius 1 is 1.29 bits per heavy atom. The quantitative estimate of drug-likeness (QED) is 0.730. The van der Waals surface area contributed by atoms with E-state index in [0.717, 1.165) is 5.56 Å². The number of hydrogen-bond acceptors (Lipinski definition) is 3. The largest absolute Gasteiger partial charge is 0.394 e. The second-order valence-electron chi connectivity index (χ2n) is 2.90. The van der Waals surface area contributed by atoms with Crippen LogP contribution in [0, 0.1) is 0 Å². The highest BCUT2D eigenvalue weighted by Crippen LogP contribution is 2.21. The number of aliphatic hydroxyl groups excluding tert-OH is 2. The summed E-state index contributed by atoms with van der Waals surface area (Å²) in [5.74, 6) is 0. The lowest BCUT2D eigenvalue weighted by Gasteiger charge is -2.13. The molecule has 0 amide bonds. The monoisotopic (exact) mass is 216 g/mol. The van der Waals surface area contributed by atoms with Gasteiger partial charge in [0, 0.05) is 0 Å². The summed E-state index contributed by atoms with van der Waals surface area (Å²) in [6.07, 6.45) is -0.875. The Morgan fingerprint density at radius 2 is 1.93 bits per heavy atom. The normalized spacial score (nSPS) is 15.1. The fourth-order valence-electron chi connectivity index (χ4n) is 0.949. The molecule has 0 heterocycles. The smallest absolute Gasteiger partial charge is 0.156 e. The minimum absolute atomic E-state index is 0.0273. The first-order valence-corrected chi connectivity index (χ1v) is 4.77. The number of alkyl halides is 1. The van der Waals surface area contributed by atoms with E-state index in [2.05, 4.69) is 0 Å². The van der Waals surface area contributed by atoms with Crippen LogP contribution >= 0.6 is 11.6 Å². The molecule has 2 N–H and O–H groups in total. The molecule has 2 atom stereocenters. The Labute approximate surface area is 87.9 Å². The van der Waals surface area contributed by atoms with E-state index >= 15 is 0 Å². The fraction of sp³-hybridized carbons (Fsp3) is 0.400. The maximum Gasteiger partial charge on any atom is 0.156 e. The zero-order valence-corrected chi connectivity index (χ0v) is 8.39. The molecule has 0 saturated carbocycles. The number of rotatable bonds is 5. The topological polar surface area (TPSA) is 49.7 Å². The van der Waals surface area contributed by atoms with Crippen LogP contribution in [0.4, 0.5) is 0 Å². The number of benzene rings is 1. The van der Waals surface area contributed by atoms with E-state index in [0.29, 0.717) is 0 Å². The van der Waals surface area contributed by atoms with Gasteiger partial charge in [-0.15, -0.1) is 0 Å². The Morgan fingerprint density at radius 3 is 2.50 bits per heavy atom. The molecule has 2 unspecified atom stereocenters. The van der Waals surface area contributed by atoms with Gasteiger partial charge in [0.15, 0.2) is 5.56 Å². The van der Waals surface area contributed by atoms with Crippen LogP contribution < -0.4 is 0 Å². The first-order chi connectivity index (χ1) is 6.74. The molecule has 0 aliphatic heterocycles. The van der Waals surface area contributed by atoms with Gasteiger partial charge in [-0.3, -0.25) is 0 Å². The summed E-state index contributed by atoms with van der Waals surface area (Å²) in [5.41, 5.74) is 0.247. The highest BCUT2D eigenvalue weighted by atomic mass is 35.5. The molecular weight excluding hydrogens is 204 g/mol. The van der Waals surface area contributed by atoms with Crippen molar-refractivity contribution in [1.29, 1.82) is 0 Å². The zero-order valence-electron chi connectivity index (χ0n) is 7.64. The van der Waals surface area contributed by atoms with Crippen molar-refractivity contribution in [2.45, 2.75) is 11.7 Å². The van der Waals surface area contributed by atoms with Gasteiger partial charge < -0.3 is 14.9 Å². The summed E-state index contributed by atoms with van der Waals surface area (Å²) < 4.78 is 5.14. The molecule has 0 bridgehead atoms. The number of ether oxygens (including phenoxy) is 1. The van der Waals surface area contributed by atoms with Gasteiger partial charge in [0.05, 0.1) is 13.2 Å². The first kappa shape index (κ1) is 11.5. The molecule has 4 heteroatoms. The Bertz CT molecular complexity index is 253. The lowest BCUT2D eigenvalue weighted by molar-refractivity contribution is -0.00499. The van der Waals surface area contributed by atoms with Crippen molar-refractivity contribution in [3.8, 4) is 0 Å². The summed E-state index contributed by atoms with van der Waals surface area (Å²) in [6, 6.07) is 9.27. The third-order valence-corrected chi connectivity index (χ3v) is 2.09. The van der Waals surface area contributed by atoms with E-state index in [-0.39, 0.29) is 13.2 Å². The standard InChI is InChI=1S/C10H13ClO3/c11-10(14-7-9(13)6-12)8-4-2-1-3-5-8/h1-5,9-10,12-13H,6-7H2. The highest BCUT2D eigenvalue weighted by molar-refractivity contribution is 6.19. The van der Waals surface area contributed by atoms with Crippen LogP contribution in [0.2, 0.25) is 0 Å². The Hall–Kier alpha value is -0.610. The van der Waals surface area contributed by atoms with Crippen LogP contribution in [-0.4, -0.2) is 29.5 Å². The number of hydrogen-bond donors (Lipinski definition) is 2. The van der Waals surface area contributed by atoms with Gasteiger partial charge in [-0.25, -0.2) is 0 Å². The molecule has 3 nitrogen and oxygen atoms in total. The average Bonchev–Trinajstić information content (AvgIpc) is 2.26. The first-order valence-electron chi connectivity index (χ1n) is 4.33. The molecule has 14 heavy (non-hydrogen) atoms. The molecule has 1 aromatic carbocycles. The van der Waals surface area contributed by atoms with Crippen molar-refractivity contribution in [3.63, 3.8) is 0 Å². The Kier molecular flexibility index (Phi) is 4.90. The van der Waals surface area contributed by atoms with Crippen molar-refractivity contribution < 1.29 is 14.9 Å². The molecule has 0 fully saturated rings. The second kappa shape index (κ2) is 5.98.